The molecule has 4 heteroatoms. The highest BCUT2D eigenvalue weighted by molar-refractivity contribution is 9.10. The third-order valence-electron chi connectivity index (χ3n) is 2.81. The maximum absolute atomic E-state index is 6.05. The van der Waals surface area contributed by atoms with Crippen LogP contribution >= 0.6 is 38.9 Å². The predicted octanol–water partition coefficient (Wildman–Crippen LogP) is 3.88. The summed E-state index contributed by atoms with van der Waals surface area (Å²) in [5, 5.41) is 3.42. The summed E-state index contributed by atoms with van der Waals surface area (Å²) in [7, 11) is 0. The van der Waals surface area contributed by atoms with Crippen LogP contribution in [0.5, 0.6) is 0 Å². The normalized spacial score (nSPS) is 27.9. The summed E-state index contributed by atoms with van der Waals surface area (Å²) in [5.74, 6) is 1.40. The van der Waals surface area contributed by atoms with Crippen LogP contribution in [0.4, 0.5) is 0 Å². The van der Waals surface area contributed by atoms with Crippen molar-refractivity contribution in [1.29, 1.82) is 0 Å². The first-order valence-electron chi connectivity index (χ1n) is 4.84. The summed E-state index contributed by atoms with van der Waals surface area (Å²) in [6, 6.07) is 2.18. The number of nitrogens with one attached hydrogen (secondary N) is 1. The molecule has 2 heterocycles. The molecule has 1 nitrogen and oxygen atoms in total. The number of piperidine rings is 1. The molecule has 1 fully saturated rings. The van der Waals surface area contributed by atoms with Gasteiger partial charge in [0.2, 0.25) is 0 Å². The van der Waals surface area contributed by atoms with Crippen LogP contribution < -0.4 is 5.32 Å². The minimum absolute atomic E-state index is 0.685. The summed E-state index contributed by atoms with van der Waals surface area (Å²) in [4.78, 5) is 1.43. The summed E-state index contributed by atoms with van der Waals surface area (Å²) < 4.78 is 1.93. The molecule has 0 spiro atoms. The van der Waals surface area contributed by atoms with Gasteiger partial charge in [0.1, 0.15) is 4.34 Å². The van der Waals surface area contributed by atoms with Gasteiger partial charge in [0.25, 0.3) is 0 Å². The van der Waals surface area contributed by atoms with E-state index in [9.17, 15) is 0 Å². The molecule has 2 rings (SSSR count). The largest absolute Gasteiger partial charge is 0.316 e. The highest BCUT2D eigenvalue weighted by Crippen LogP contribution is 2.40. The molecule has 0 saturated carbocycles. The van der Waals surface area contributed by atoms with Crippen molar-refractivity contribution in [2.24, 2.45) is 5.92 Å². The van der Waals surface area contributed by atoms with Gasteiger partial charge in [-0.1, -0.05) is 18.5 Å². The van der Waals surface area contributed by atoms with Crippen molar-refractivity contribution < 1.29 is 0 Å². The highest BCUT2D eigenvalue weighted by Gasteiger charge is 2.24. The highest BCUT2D eigenvalue weighted by atomic mass is 79.9. The Morgan fingerprint density at radius 1 is 1.64 bits per heavy atom. The lowest BCUT2D eigenvalue weighted by Crippen LogP contribution is -2.33. The van der Waals surface area contributed by atoms with Crippen LogP contribution in [0.25, 0.3) is 0 Å². The molecular weight excluding hydrogens is 282 g/mol. The van der Waals surface area contributed by atoms with Gasteiger partial charge in [-0.05, 0) is 53.3 Å². The van der Waals surface area contributed by atoms with Crippen molar-refractivity contribution in [3.05, 3.63) is 19.8 Å². The molecule has 0 radical (unpaired) electrons. The van der Waals surface area contributed by atoms with Crippen LogP contribution in [0.3, 0.4) is 0 Å². The Morgan fingerprint density at radius 3 is 3.00 bits per heavy atom. The Balaban J connectivity index is 2.20. The molecule has 1 aliphatic heterocycles. The fraction of sp³-hybridized carbons (Fsp3) is 0.600. The first-order valence-corrected chi connectivity index (χ1v) is 6.82. The predicted molar refractivity (Wildman–Crippen MR) is 66.4 cm³/mol. The third kappa shape index (κ3) is 2.16. The van der Waals surface area contributed by atoms with Crippen molar-refractivity contribution in [2.75, 3.05) is 13.1 Å². The summed E-state index contributed by atoms with van der Waals surface area (Å²) >= 11 is 11.2. The van der Waals surface area contributed by atoms with Gasteiger partial charge in [-0.2, -0.15) is 0 Å². The topological polar surface area (TPSA) is 12.0 Å². The molecule has 0 aliphatic carbocycles. The lowest BCUT2D eigenvalue weighted by molar-refractivity contribution is 0.353. The van der Waals surface area contributed by atoms with E-state index in [0.29, 0.717) is 11.8 Å². The van der Waals surface area contributed by atoms with E-state index in [0.717, 1.165) is 21.9 Å². The van der Waals surface area contributed by atoms with Crippen LogP contribution in [0.1, 0.15) is 24.1 Å². The fourth-order valence-electron chi connectivity index (χ4n) is 1.98. The molecule has 2 atom stereocenters. The van der Waals surface area contributed by atoms with Crippen LogP contribution in [0.2, 0.25) is 4.34 Å². The van der Waals surface area contributed by atoms with Crippen LogP contribution in [0.15, 0.2) is 10.5 Å². The molecule has 0 amide bonds. The van der Waals surface area contributed by atoms with Gasteiger partial charge >= 0.3 is 0 Å². The second kappa shape index (κ2) is 4.52. The fourth-order valence-corrected chi connectivity index (χ4v) is 3.99. The number of hydrogen-bond donors (Lipinski definition) is 1. The molecule has 1 aromatic heterocycles. The second-order valence-corrected chi connectivity index (χ2v) is 6.39. The van der Waals surface area contributed by atoms with Crippen molar-refractivity contribution >= 4 is 38.9 Å². The zero-order valence-corrected chi connectivity index (χ0v) is 11.2. The van der Waals surface area contributed by atoms with Gasteiger partial charge in [-0.15, -0.1) is 11.3 Å². The standard InChI is InChI=1S/C10H13BrClNS/c1-6-5-13-3-2-7(6)9-4-8(11)10(12)14-9/h4,6-7,13H,2-3,5H2,1H3. The minimum Gasteiger partial charge on any atom is -0.316 e. The molecule has 1 saturated heterocycles. The Morgan fingerprint density at radius 2 is 2.43 bits per heavy atom. The Bertz CT molecular complexity index is 306. The molecule has 1 aliphatic rings. The smallest absolute Gasteiger partial charge is 0.107 e. The van der Waals surface area contributed by atoms with Crippen LogP contribution in [-0.4, -0.2) is 13.1 Å². The zero-order chi connectivity index (χ0) is 10.1. The van der Waals surface area contributed by atoms with E-state index in [1.165, 1.54) is 11.3 Å². The lowest BCUT2D eigenvalue weighted by atomic mass is 9.87. The molecule has 1 N–H and O–H groups in total. The summed E-state index contributed by atoms with van der Waals surface area (Å²) in [5.41, 5.74) is 0. The Labute approximate surface area is 102 Å². The van der Waals surface area contributed by atoms with E-state index < -0.39 is 0 Å². The van der Waals surface area contributed by atoms with Crippen LogP contribution in [-0.2, 0) is 0 Å². The SMILES string of the molecule is CC1CNCCC1c1cc(Br)c(Cl)s1. The van der Waals surface area contributed by atoms with E-state index in [1.807, 2.05) is 0 Å². The van der Waals surface area contributed by atoms with Crippen LogP contribution in [0, 0.1) is 5.92 Å². The second-order valence-electron chi connectivity index (χ2n) is 3.85. The van der Waals surface area contributed by atoms with E-state index in [1.54, 1.807) is 11.3 Å². The van der Waals surface area contributed by atoms with Gasteiger partial charge in [0, 0.05) is 9.35 Å². The first kappa shape index (κ1) is 10.9. The van der Waals surface area contributed by atoms with Gasteiger partial charge < -0.3 is 5.32 Å². The van der Waals surface area contributed by atoms with Crippen molar-refractivity contribution in [3.63, 3.8) is 0 Å². The monoisotopic (exact) mass is 293 g/mol. The number of thiophene rings is 1. The quantitative estimate of drug-likeness (QED) is 0.829. The molecule has 0 bridgehead atoms. The summed E-state index contributed by atoms with van der Waals surface area (Å²) in [6.07, 6.45) is 1.23. The number of rotatable bonds is 1. The molecule has 2 unspecified atom stereocenters. The van der Waals surface area contributed by atoms with E-state index in [-0.39, 0.29) is 0 Å². The van der Waals surface area contributed by atoms with Crippen molar-refractivity contribution in [2.45, 2.75) is 19.3 Å². The van der Waals surface area contributed by atoms with E-state index >= 15 is 0 Å². The van der Waals surface area contributed by atoms with E-state index in [2.05, 4.69) is 34.2 Å². The number of halogens is 2. The average molecular weight is 295 g/mol. The Kier molecular flexibility index (Phi) is 3.53. The molecule has 14 heavy (non-hydrogen) atoms. The average Bonchev–Trinajstić information content (AvgIpc) is 2.48. The number of hydrogen-bond acceptors (Lipinski definition) is 2. The minimum atomic E-state index is 0.685. The maximum atomic E-state index is 6.05. The molecule has 78 valence electrons. The first-order chi connectivity index (χ1) is 6.68. The third-order valence-corrected chi connectivity index (χ3v) is 5.42. The van der Waals surface area contributed by atoms with Crippen molar-refractivity contribution in [3.8, 4) is 0 Å². The molecule has 0 aromatic carbocycles. The van der Waals surface area contributed by atoms with Gasteiger partial charge in [0.15, 0.2) is 0 Å². The zero-order valence-electron chi connectivity index (χ0n) is 8.02. The molecular formula is C10H13BrClNS. The lowest BCUT2D eigenvalue weighted by Gasteiger charge is -2.28. The van der Waals surface area contributed by atoms with Gasteiger partial charge in [-0.3, -0.25) is 0 Å². The van der Waals surface area contributed by atoms with E-state index in [4.69, 9.17) is 11.6 Å². The maximum Gasteiger partial charge on any atom is 0.107 e. The van der Waals surface area contributed by atoms with Crippen molar-refractivity contribution in [1.82, 2.24) is 5.32 Å². The van der Waals surface area contributed by atoms with Gasteiger partial charge in [0.05, 0.1) is 0 Å². The summed E-state index contributed by atoms with van der Waals surface area (Å²) in [6.45, 7) is 4.55. The molecule has 1 aromatic rings. The Hall–Kier alpha value is 0.430. The van der Waals surface area contributed by atoms with Gasteiger partial charge in [-0.25, -0.2) is 0 Å².